The third-order valence-electron chi connectivity index (χ3n) is 6.99. The predicted molar refractivity (Wildman–Crippen MR) is 140 cm³/mol. The first-order valence-corrected chi connectivity index (χ1v) is 12.5. The van der Waals surface area contributed by atoms with Gasteiger partial charge in [-0.05, 0) is 94.5 Å². The van der Waals surface area contributed by atoms with Gasteiger partial charge < -0.3 is 0 Å². The zero-order valence-electron chi connectivity index (χ0n) is 19.0. The fourth-order valence-corrected chi connectivity index (χ4v) is 6.34. The Morgan fingerprint density at radius 2 is 1.65 bits per heavy atom. The van der Waals surface area contributed by atoms with E-state index in [0.717, 1.165) is 36.1 Å². The SMILES string of the molecule is CC(=O)N(O)c1cccc(-c2ccc(C3=Cc4ccc5c(c4CC3)CCc3ccccc3-5)s2)c1. The Balaban J connectivity index is 1.32. The third kappa shape index (κ3) is 3.60. The van der Waals surface area contributed by atoms with Gasteiger partial charge in [0, 0.05) is 16.7 Å². The van der Waals surface area contributed by atoms with E-state index in [2.05, 4.69) is 54.6 Å². The van der Waals surface area contributed by atoms with Gasteiger partial charge in [0.15, 0.2) is 0 Å². The zero-order valence-corrected chi connectivity index (χ0v) is 19.9. The highest BCUT2D eigenvalue weighted by atomic mass is 32.1. The van der Waals surface area contributed by atoms with Crippen molar-refractivity contribution in [1.82, 2.24) is 0 Å². The minimum atomic E-state index is -0.402. The molecule has 168 valence electrons. The van der Waals surface area contributed by atoms with Gasteiger partial charge in [0.2, 0.25) is 5.91 Å². The molecule has 0 radical (unpaired) electrons. The first-order valence-electron chi connectivity index (χ1n) is 11.7. The number of allylic oxidation sites excluding steroid dienone is 1. The van der Waals surface area contributed by atoms with Crippen molar-refractivity contribution in [1.29, 1.82) is 0 Å². The first-order chi connectivity index (χ1) is 16.6. The summed E-state index contributed by atoms with van der Waals surface area (Å²) in [6, 6.07) is 25.2. The molecule has 2 aliphatic rings. The van der Waals surface area contributed by atoms with E-state index in [-0.39, 0.29) is 0 Å². The fourth-order valence-electron chi connectivity index (χ4n) is 5.29. The molecule has 0 fully saturated rings. The molecule has 3 nitrogen and oxygen atoms in total. The Kier molecular flexibility index (Phi) is 5.20. The van der Waals surface area contributed by atoms with Gasteiger partial charge in [-0.1, -0.05) is 54.6 Å². The van der Waals surface area contributed by atoms with Crippen LogP contribution in [0.1, 0.15) is 40.5 Å². The highest BCUT2D eigenvalue weighted by Crippen LogP contribution is 2.42. The molecule has 0 unspecified atom stereocenters. The number of hydroxylamine groups is 1. The van der Waals surface area contributed by atoms with Crippen LogP contribution >= 0.6 is 11.3 Å². The Bertz CT molecular complexity index is 1460. The van der Waals surface area contributed by atoms with Gasteiger partial charge in [0.1, 0.15) is 0 Å². The third-order valence-corrected chi connectivity index (χ3v) is 8.20. The van der Waals surface area contributed by atoms with Crippen molar-refractivity contribution in [3.63, 3.8) is 0 Å². The van der Waals surface area contributed by atoms with Crippen LogP contribution in [0.5, 0.6) is 0 Å². The molecule has 1 amide bonds. The number of carbonyl (C=O) groups excluding carboxylic acids is 1. The quantitative estimate of drug-likeness (QED) is 0.254. The molecular weight excluding hydrogens is 438 g/mol. The molecule has 0 atom stereocenters. The number of fused-ring (bicyclic) bond motifs is 5. The summed E-state index contributed by atoms with van der Waals surface area (Å²) in [5.41, 5.74) is 11.6. The molecule has 0 aliphatic heterocycles. The fraction of sp³-hybridized carbons (Fsp3) is 0.167. The van der Waals surface area contributed by atoms with Crippen molar-refractivity contribution in [2.45, 2.75) is 32.6 Å². The van der Waals surface area contributed by atoms with Gasteiger partial charge in [-0.2, -0.15) is 5.06 Å². The molecule has 4 heteroatoms. The van der Waals surface area contributed by atoms with E-state index in [9.17, 15) is 10.0 Å². The number of thiophene rings is 1. The van der Waals surface area contributed by atoms with Crippen molar-refractivity contribution < 1.29 is 10.0 Å². The van der Waals surface area contributed by atoms with Crippen LogP contribution in [0.25, 0.3) is 33.2 Å². The summed E-state index contributed by atoms with van der Waals surface area (Å²) in [5, 5.41) is 10.7. The minimum Gasteiger partial charge on any atom is -0.281 e. The van der Waals surface area contributed by atoms with Gasteiger partial charge in [-0.15, -0.1) is 11.3 Å². The minimum absolute atomic E-state index is 0.402. The summed E-state index contributed by atoms with van der Waals surface area (Å²) in [5.74, 6) is -0.402. The monoisotopic (exact) mass is 463 g/mol. The van der Waals surface area contributed by atoms with E-state index in [1.54, 1.807) is 17.4 Å². The Morgan fingerprint density at radius 3 is 2.53 bits per heavy atom. The molecule has 0 spiro atoms. The lowest BCUT2D eigenvalue weighted by Gasteiger charge is -2.26. The summed E-state index contributed by atoms with van der Waals surface area (Å²) in [4.78, 5) is 13.9. The number of carbonyl (C=O) groups is 1. The van der Waals surface area contributed by atoms with Crippen LogP contribution in [0.15, 0.2) is 72.8 Å². The molecule has 34 heavy (non-hydrogen) atoms. The number of aryl methyl sites for hydroxylation is 1. The average molecular weight is 464 g/mol. The van der Waals surface area contributed by atoms with E-state index in [0.29, 0.717) is 10.8 Å². The van der Waals surface area contributed by atoms with Crippen LogP contribution in [-0.4, -0.2) is 11.1 Å². The molecule has 0 bridgehead atoms. The van der Waals surface area contributed by atoms with Crippen LogP contribution in [0.3, 0.4) is 0 Å². The van der Waals surface area contributed by atoms with Crippen LogP contribution in [0.4, 0.5) is 5.69 Å². The first kappa shape index (κ1) is 21.1. The molecule has 0 saturated heterocycles. The smallest absolute Gasteiger partial charge is 0.247 e. The Hall–Kier alpha value is -3.47. The second kappa shape index (κ2) is 8.39. The lowest BCUT2D eigenvalue weighted by molar-refractivity contribution is -0.121. The molecular formula is C30H25NO2S. The summed E-state index contributed by atoms with van der Waals surface area (Å²) < 4.78 is 0. The maximum absolute atomic E-state index is 11.5. The maximum atomic E-state index is 11.5. The van der Waals surface area contributed by atoms with Crippen LogP contribution < -0.4 is 5.06 Å². The van der Waals surface area contributed by atoms with Crippen molar-refractivity contribution in [3.05, 3.63) is 99.9 Å². The zero-order chi connectivity index (χ0) is 23.2. The standard InChI is InChI=1S/C30H25NO2S/c1-19(32)31(33)24-7-4-6-22(18-24)29-15-16-30(34-29)23-11-12-26-21(17-23)10-14-27-25-8-3-2-5-20(25)9-13-28(26)27/h2-8,10,14-18,33H,9,11-13H2,1H3. The van der Waals surface area contributed by atoms with Crippen molar-refractivity contribution in [3.8, 4) is 21.6 Å². The number of rotatable bonds is 3. The van der Waals surface area contributed by atoms with Crippen LogP contribution in [0.2, 0.25) is 0 Å². The van der Waals surface area contributed by atoms with Gasteiger partial charge in [0.25, 0.3) is 0 Å². The molecule has 4 aromatic rings. The molecule has 0 saturated carbocycles. The topological polar surface area (TPSA) is 40.5 Å². The lowest BCUT2D eigenvalue weighted by Crippen LogP contribution is -2.23. The van der Waals surface area contributed by atoms with Crippen molar-refractivity contribution >= 4 is 34.6 Å². The molecule has 1 aromatic heterocycles. The Morgan fingerprint density at radius 1 is 0.824 bits per heavy atom. The normalized spacial score (nSPS) is 14.0. The summed E-state index contributed by atoms with van der Waals surface area (Å²) in [7, 11) is 0. The van der Waals surface area contributed by atoms with Crippen LogP contribution in [0, 0.1) is 0 Å². The van der Waals surface area contributed by atoms with Gasteiger partial charge in [-0.25, -0.2) is 0 Å². The molecule has 2 aliphatic carbocycles. The van der Waals surface area contributed by atoms with E-state index in [1.807, 2.05) is 18.2 Å². The molecule has 3 aromatic carbocycles. The summed E-state index contributed by atoms with van der Waals surface area (Å²) in [6.45, 7) is 1.35. The number of benzene rings is 3. The average Bonchev–Trinajstić information content (AvgIpc) is 3.38. The van der Waals surface area contributed by atoms with Crippen LogP contribution in [-0.2, 0) is 24.1 Å². The van der Waals surface area contributed by atoms with Gasteiger partial charge >= 0.3 is 0 Å². The highest BCUT2D eigenvalue weighted by molar-refractivity contribution is 7.16. The van der Waals surface area contributed by atoms with E-state index < -0.39 is 5.91 Å². The van der Waals surface area contributed by atoms with Gasteiger partial charge in [0.05, 0.1) is 5.69 Å². The number of anilines is 1. The van der Waals surface area contributed by atoms with E-state index >= 15 is 0 Å². The summed E-state index contributed by atoms with van der Waals surface area (Å²) >= 11 is 1.76. The lowest BCUT2D eigenvalue weighted by atomic mass is 9.78. The van der Waals surface area contributed by atoms with Crippen molar-refractivity contribution in [2.75, 3.05) is 5.06 Å². The largest absolute Gasteiger partial charge is 0.281 e. The number of hydrogen-bond donors (Lipinski definition) is 1. The molecule has 6 rings (SSSR count). The van der Waals surface area contributed by atoms with E-state index in [4.69, 9.17) is 0 Å². The second-order valence-electron chi connectivity index (χ2n) is 9.03. The number of amides is 1. The predicted octanol–water partition coefficient (Wildman–Crippen LogP) is 7.41. The number of hydrogen-bond acceptors (Lipinski definition) is 3. The molecule has 1 N–H and O–H groups in total. The maximum Gasteiger partial charge on any atom is 0.247 e. The Labute approximate surface area is 203 Å². The highest BCUT2D eigenvalue weighted by Gasteiger charge is 2.23. The summed E-state index contributed by atoms with van der Waals surface area (Å²) in [6.07, 6.45) is 6.74. The van der Waals surface area contributed by atoms with Crippen molar-refractivity contribution in [2.24, 2.45) is 0 Å². The molecule has 1 heterocycles. The van der Waals surface area contributed by atoms with Gasteiger partial charge in [-0.3, -0.25) is 10.0 Å². The van der Waals surface area contributed by atoms with E-state index in [1.165, 1.54) is 50.8 Å². The second-order valence-corrected chi connectivity index (χ2v) is 10.1. The number of nitrogens with zero attached hydrogens (tertiary/aromatic N) is 1.